The molecule has 1 aromatic carbocycles. The fourth-order valence-electron chi connectivity index (χ4n) is 2.58. The molecule has 3 aromatic rings. The highest BCUT2D eigenvalue weighted by Gasteiger charge is 2.06. The zero-order valence-electron chi connectivity index (χ0n) is 17.0. The van der Waals surface area contributed by atoms with Gasteiger partial charge in [0.05, 0.1) is 18.8 Å². The van der Waals surface area contributed by atoms with Crippen LogP contribution in [0.25, 0.3) is 0 Å². The molecule has 0 saturated heterocycles. The number of rotatable bonds is 8. The van der Waals surface area contributed by atoms with Gasteiger partial charge in [-0.05, 0) is 36.8 Å². The number of aliphatic imine (C=N–C) groups is 1. The molecule has 0 amide bonds. The number of nitrogens with zero attached hydrogens (tertiary/aromatic N) is 3. The standard InChI is InChI=1S/C22H25N5O2.HI/c1-3-28-19-9-4-5-10-20(19)29-21-12-11-17(14-25-21)15-26-22(23-2)27-16-18-8-6-7-13-24-18;/h4-14H,3,15-16H2,1-2H3,(H2,23,26,27);1H. The van der Waals surface area contributed by atoms with E-state index in [1.54, 1.807) is 19.4 Å². The first-order valence-electron chi connectivity index (χ1n) is 9.47. The highest BCUT2D eigenvalue weighted by molar-refractivity contribution is 14.0. The van der Waals surface area contributed by atoms with Gasteiger partial charge in [0.15, 0.2) is 17.5 Å². The van der Waals surface area contributed by atoms with E-state index in [1.807, 2.05) is 61.5 Å². The third-order valence-corrected chi connectivity index (χ3v) is 4.01. The van der Waals surface area contributed by atoms with Gasteiger partial charge in [0.25, 0.3) is 0 Å². The molecule has 2 aromatic heterocycles. The van der Waals surface area contributed by atoms with Crippen LogP contribution in [0.5, 0.6) is 17.4 Å². The first-order valence-corrected chi connectivity index (χ1v) is 9.47. The predicted molar refractivity (Wildman–Crippen MR) is 129 cm³/mol. The molecule has 0 aliphatic carbocycles. The molecular formula is C22H26IN5O2. The molecule has 8 heteroatoms. The second kappa shape index (κ2) is 12.6. The molecule has 0 fully saturated rings. The number of para-hydroxylation sites is 2. The maximum Gasteiger partial charge on any atom is 0.219 e. The minimum atomic E-state index is 0. The predicted octanol–water partition coefficient (Wildman–Crippen LogP) is 4.15. The average Bonchev–Trinajstić information content (AvgIpc) is 2.77. The molecule has 2 heterocycles. The maximum absolute atomic E-state index is 5.85. The smallest absolute Gasteiger partial charge is 0.219 e. The number of pyridine rings is 2. The van der Waals surface area contributed by atoms with Crippen LogP contribution in [-0.4, -0.2) is 29.6 Å². The maximum atomic E-state index is 5.85. The normalized spacial score (nSPS) is 10.7. The van der Waals surface area contributed by atoms with E-state index >= 15 is 0 Å². The fourth-order valence-corrected chi connectivity index (χ4v) is 2.58. The number of nitrogens with one attached hydrogen (secondary N) is 2. The molecule has 0 radical (unpaired) electrons. The summed E-state index contributed by atoms with van der Waals surface area (Å²) in [5.41, 5.74) is 1.96. The first kappa shape index (κ1) is 23.4. The van der Waals surface area contributed by atoms with Crippen LogP contribution in [0.2, 0.25) is 0 Å². The lowest BCUT2D eigenvalue weighted by molar-refractivity contribution is 0.319. The number of hydrogen-bond donors (Lipinski definition) is 2. The lowest BCUT2D eigenvalue weighted by atomic mass is 10.3. The Morgan fingerprint density at radius 2 is 1.70 bits per heavy atom. The van der Waals surface area contributed by atoms with E-state index in [2.05, 4.69) is 25.6 Å². The summed E-state index contributed by atoms with van der Waals surface area (Å²) in [4.78, 5) is 12.9. The second-order valence-corrected chi connectivity index (χ2v) is 6.09. The van der Waals surface area contributed by atoms with Gasteiger partial charge < -0.3 is 20.1 Å². The van der Waals surface area contributed by atoms with Gasteiger partial charge in [0, 0.05) is 32.1 Å². The van der Waals surface area contributed by atoms with Crippen molar-refractivity contribution in [2.24, 2.45) is 4.99 Å². The van der Waals surface area contributed by atoms with Crippen LogP contribution in [0.15, 0.2) is 72.0 Å². The van der Waals surface area contributed by atoms with Crippen molar-refractivity contribution < 1.29 is 9.47 Å². The Balaban J connectivity index is 0.00000320. The van der Waals surface area contributed by atoms with Crippen molar-refractivity contribution in [1.82, 2.24) is 20.6 Å². The third-order valence-electron chi connectivity index (χ3n) is 4.01. The Morgan fingerprint density at radius 1 is 0.933 bits per heavy atom. The number of aromatic nitrogens is 2. The van der Waals surface area contributed by atoms with Gasteiger partial charge in [-0.2, -0.15) is 0 Å². The molecule has 3 rings (SSSR count). The van der Waals surface area contributed by atoms with Crippen molar-refractivity contribution in [2.75, 3.05) is 13.7 Å². The van der Waals surface area contributed by atoms with Crippen LogP contribution in [0, 0.1) is 0 Å². The van der Waals surface area contributed by atoms with E-state index in [9.17, 15) is 0 Å². The Hall–Kier alpha value is -2.88. The number of hydrogen-bond acceptors (Lipinski definition) is 5. The summed E-state index contributed by atoms with van der Waals surface area (Å²) in [5.74, 6) is 2.55. The van der Waals surface area contributed by atoms with Gasteiger partial charge >= 0.3 is 0 Å². The quantitative estimate of drug-likeness (QED) is 0.265. The van der Waals surface area contributed by atoms with E-state index in [0.29, 0.717) is 43.0 Å². The number of guanidine groups is 1. The van der Waals surface area contributed by atoms with Crippen molar-refractivity contribution in [2.45, 2.75) is 20.0 Å². The lowest BCUT2D eigenvalue weighted by Gasteiger charge is -2.12. The van der Waals surface area contributed by atoms with Gasteiger partial charge in [-0.1, -0.05) is 24.3 Å². The fraction of sp³-hybridized carbons (Fsp3) is 0.227. The minimum absolute atomic E-state index is 0. The highest BCUT2D eigenvalue weighted by atomic mass is 127. The molecule has 0 aliphatic rings. The topological polar surface area (TPSA) is 80.7 Å². The minimum Gasteiger partial charge on any atom is -0.490 e. The highest BCUT2D eigenvalue weighted by Crippen LogP contribution is 2.30. The summed E-state index contributed by atoms with van der Waals surface area (Å²) < 4.78 is 11.4. The van der Waals surface area contributed by atoms with E-state index in [0.717, 1.165) is 11.3 Å². The van der Waals surface area contributed by atoms with E-state index in [-0.39, 0.29) is 24.0 Å². The molecule has 0 saturated carbocycles. The van der Waals surface area contributed by atoms with Crippen LogP contribution >= 0.6 is 24.0 Å². The van der Waals surface area contributed by atoms with Gasteiger partial charge in [-0.15, -0.1) is 24.0 Å². The zero-order valence-corrected chi connectivity index (χ0v) is 19.4. The molecule has 0 spiro atoms. The first-order chi connectivity index (χ1) is 14.3. The third kappa shape index (κ3) is 7.18. The number of halogens is 1. The van der Waals surface area contributed by atoms with Gasteiger partial charge in [-0.3, -0.25) is 9.98 Å². The van der Waals surface area contributed by atoms with Gasteiger partial charge in [0.1, 0.15) is 0 Å². The average molecular weight is 519 g/mol. The molecule has 158 valence electrons. The van der Waals surface area contributed by atoms with Crippen LogP contribution in [0.3, 0.4) is 0 Å². The largest absolute Gasteiger partial charge is 0.490 e. The van der Waals surface area contributed by atoms with Crippen molar-refractivity contribution >= 4 is 29.9 Å². The molecule has 2 N–H and O–H groups in total. The van der Waals surface area contributed by atoms with Crippen LogP contribution in [0.1, 0.15) is 18.2 Å². The summed E-state index contributed by atoms with van der Waals surface area (Å²) in [5, 5.41) is 6.50. The Kier molecular flexibility index (Phi) is 9.85. The second-order valence-electron chi connectivity index (χ2n) is 6.09. The van der Waals surface area contributed by atoms with E-state index in [1.165, 1.54) is 0 Å². The van der Waals surface area contributed by atoms with E-state index in [4.69, 9.17) is 9.47 Å². The molecule has 0 bridgehead atoms. The molecular weight excluding hydrogens is 493 g/mol. The number of benzene rings is 1. The van der Waals surface area contributed by atoms with Gasteiger partial charge in [-0.25, -0.2) is 4.98 Å². The van der Waals surface area contributed by atoms with Crippen molar-refractivity contribution in [3.63, 3.8) is 0 Å². The summed E-state index contributed by atoms with van der Waals surface area (Å²) in [6.45, 7) is 3.71. The molecule has 0 aliphatic heterocycles. The Morgan fingerprint density at radius 3 is 2.37 bits per heavy atom. The van der Waals surface area contributed by atoms with Crippen LogP contribution < -0.4 is 20.1 Å². The van der Waals surface area contributed by atoms with Crippen molar-refractivity contribution in [1.29, 1.82) is 0 Å². The van der Waals surface area contributed by atoms with Gasteiger partial charge in [0.2, 0.25) is 5.88 Å². The van der Waals surface area contributed by atoms with Crippen LogP contribution in [0.4, 0.5) is 0 Å². The SMILES string of the molecule is CCOc1ccccc1Oc1ccc(CNC(=NC)NCc2ccccn2)cn1.I. The Bertz CT molecular complexity index is 920. The zero-order chi connectivity index (χ0) is 20.3. The summed E-state index contributed by atoms with van der Waals surface area (Å²) in [7, 11) is 1.73. The van der Waals surface area contributed by atoms with Crippen molar-refractivity contribution in [3.8, 4) is 17.4 Å². The van der Waals surface area contributed by atoms with Crippen LogP contribution in [-0.2, 0) is 13.1 Å². The van der Waals surface area contributed by atoms with Crippen molar-refractivity contribution in [3.05, 3.63) is 78.2 Å². The summed E-state index contributed by atoms with van der Waals surface area (Å²) in [6.07, 6.45) is 3.55. The summed E-state index contributed by atoms with van der Waals surface area (Å²) >= 11 is 0. The molecule has 0 atom stereocenters. The van der Waals surface area contributed by atoms with E-state index < -0.39 is 0 Å². The lowest BCUT2D eigenvalue weighted by Crippen LogP contribution is -2.36. The molecule has 30 heavy (non-hydrogen) atoms. The molecule has 7 nitrogen and oxygen atoms in total. The summed E-state index contributed by atoms with van der Waals surface area (Å²) in [6, 6.07) is 17.2. The monoisotopic (exact) mass is 519 g/mol. The molecule has 0 unspecified atom stereocenters. The number of ether oxygens (including phenoxy) is 2. The Labute approximate surface area is 194 Å².